The maximum atomic E-state index is 9.76. The number of nitriles is 2. The van der Waals surface area contributed by atoms with Gasteiger partial charge in [0.2, 0.25) is 0 Å². The molecular formula is C24H16ClN5O. The van der Waals surface area contributed by atoms with Crippen molar-refractivity contribution in [3.63, 3.8) is 0 Å². The number of furan rings is 1. The number of allylic oxidation sites excluding steroid dienone is 1. The lowest BCUT2D eigenvalue weighted by Crippen LogP contribution is -2.02. The van der Waals surface area contributed by atoms with Crippen molar-refractivity contribution in [2.24, 2.45) is 0 Å². The monoisotopic (exact) mass is 425 g/mol. The zero-order chi connectivity index (χ0) is 22.0. The summed E-state index contributed by atoms with van der Waals surface area (Å²) < 4.78 is 7.37. The van der Waals surface area contributed by atoms with Crippen LogP contribution >= 0.6 is 11.6 Å². The summed E-state index contributed by atoms with van der Waals surface area (Å²) in [6.07, 6.45) is 1.54. The molecule has 2 N–H and O–H groups in total. The van der Waals surface area contributed by atoms with Crippen molar-refractivity contribution in [2.45, 2.75) is 6.92 Å². The van der Waals surface area contributed by atoms with Crippen LogP contribution in [0.3, 0.4) is 0 Å². The molecule has 0 atom stereocenters. The fraction of sp³-hybridized carbons (Fsp3) is 0.0417. The average molecular weight is 426 g/mol. The SMILES string of the molecule is Cc1c(Cl)cccc1-c1ccc(/C=C(\C#N)c2nn(-c3ccccc3)c(N)c2C#N)o1. The van der Waals surface area contributed by atoms with Crippen LogP contribution in [0.25, 0.3) is 28.7 Å². The molecule has 2 aromatic heterocycles. The molecule has 0 unspecified atom stereocenters. The predicted molar refractivity (Wildman–Crippen MR) is 120 cm³/mol. The Labute approximate surface area is 184 Å². The van der Waals surface area contributed by atoms with Gasteiger partial charge in [-0.15, -0.1) is 0 Å². The van der Waals surface area contributed by atoms with E-state index in [0.29, 0.717) is 22.2 Å². The molecule has 0 bridgehead atoms. The highest BCUT2D eigenvalue weighted by atomic mass is 35.5. The minimum absolute atomic E-state index is 0.133. The number of aromatic nitrogens is 2. The summed E-state index contributed by atoms with van der Waals surface area (Å²) in [4.78, 5) is 0. The van der Waals surface area contributed by atoms with Crippen LogP contribution in [0, 0.1) is 29.6 Å². The van der Waals surface area contributed by atoms with Crippen LogP contribution in [0.4, 0.5) is 5.82 Å². The first-order chi connectivity index (χ1) is 15.0. The number of nitrogens with two attached hydrogens (primary N) is 1. The first kappa shape index (κ1) is 20.0. The number of anilines is 1. The summed E-state index contributed by atoms with van der Waals surface area (Å²) in [5.74, 6) is 1.24. The molecule has 0 aliphatic heterocycles. The maximum Gasteiger partial charge on any atom is 0.145 e. The van der Waals surface area contributed by atoms with Crippen LogP contribution in [0.15, 0.2) is 65.1 Å². The second-order valence-corrected chi connectivity index (χ2v) is 7.16. The molecule has 4 rings (SSSR count). The Hall–Kier alpha value is -4.26. The van der Waals surface area contributed by atoms with E-state index in [0.717, 1.165) is 11.1 Å². The van der Waals surface area contributed by atoms with Crippen LogP contribution in [-0.2, 0) is 0 Å². The van der Waals surface area contributed by atoms with Gasteiger partial charge in [0.15, 0.2) is 0 Å². The van der Waals surface area contributed by atoms with Crippen molar-refractivity contribution in [1.82, 2.24) is 9.78 Å². The van der Waals surface area contributed by atoms with Crippen molar-refractivity contribution >= 4 is 29.1 Å². The van der Waals surface area contributed by atoms with Crippen molar-refractivity contribution in [3.05, 3.63) is 88.3 Å². The Morgan fingerprint density at radius 2 is 1.87 bits per heavy atom. The molecule has 4 aromatic rings. The number of benzene rings is 2. The Bertz CT molecular complexity index is 1380. The second kappa shape index (κ2) is 8.23. The van der Waals surface area contributed by atoms with E-state index in [4.69, 9.17) is 21.8 Å². The van der Waals surface area contributed by atoms with E-state index in [1.165, 1.54) is 4.68 Å². The molecule has 31 heavy (non-hydrogen) atoms. The molecule has 0 radical (unpaired) electrons. The number of para-hydroxylation sites is 1. The van der Waals surface area contributed by atoms with Gasteiger partial charge in [-0.1, -0.05) is 41.9 Å². The van der Waals surface area contributed by atoms with Crippen LogP contribution in [0.2, 0.25) is 5.02 Å². The summed E-state index contributed by atoms with van der Waals surface area (Å²) in [7, 11) is 0. The third-order valence-corrected chi connectivity index (χ3v) is 5.27. The van der Waals surface area contributed by atoms with E-state index in [9.17, 15) is 10.5 Å². The third kappa shape index (κ3) is 3.69. The zero-order valence-electron chi connectivity index (χ0n) is 16.5. The largest absolute Gasteiger partial charge is 0.457 e. The first-order valence-corrected chi connectivity index (χ1v) is 9.72. The molecule has 0 aliphatic rings. The Kier molecular flexibility index (Phi) is 5.32. The van der Waals surface area contributed by atoms with Gasteiger partial charge in [-0.2, -0.15) is 15.6 Å². The minimum atomic E-state index is 0.133. The molecule has 6 nitrogen and oxygen atoms in total. The normalized spacial score (nSPS) is 11.2. The van der Waals surface area contributed by atoms with E-state index in [1.54, 1.807) is 12.1 Å². The smallest absolute Gasteiger partial charge is 0.145 e. The van der Waals surface area contributed by atoms with E-state index in [1.807, 2.05) is 61.5 Å². The van der Waals surface area contributed by atoms with Crippen LogP contribution < -0.4 is 5.73 Å². The van der Waals surface area contributed by atoms with Crippen molar-refractivity contribution in [2.75, 3.05) is 5.73 Å². The quantitative estimate of drug-likeness (QED) is 0.427. The van der Waals surface area contributed by atoms with E-state index in [2.05, 4.69) is 17.2 Å². The van der Waals surface area contributed by atoms with Gasteiger partial charge in [-0.05, 0) is 42.8 Å². The number of halogens is 1. The summed E-state index contributed by atoms with van der Waals surface area (Å²) in [5.41, 5.74) is 9.10. The molecule has 0 amide bonds. The second-order valence-electron chi connectivity index (χ2n) is 6.75. The van der Waals surface area contributed by atoms with Gasteiger partial charge in [0.05, 0.1) is 11.3 Å². The highest BCUT2D eigenvalue weighted by Crippen LogP contribution is 2.32. The Morgan fingerprint density at radius 1 is 1.10 bits per heavy atom. The molecule has 150 valence electrons. The van der Waals surface area contributed by atoms with Crippen molar-refractivity contribution in [1.29, 1.82) is 10.5 Å². The minimum Gasteiger partial charge on any atom is -0.457 e. The van der Waals surface area contributed by atoms with Crippen LogP contribution in [0.5, 0.6) is 0 Å². The van der Waals surface area contributed by atoms with Gasteiger partial charge >= 0.3 is 0 Å². The molecule has 0 spiro atoms. The Balaban J connectivity index is 1.77. The van der Waals surface area contributed by atoms with Gasteiger partial charge in [-0.3, -0.25) is 0 Å². The molecule has 0 saturated heterocycles. The highest BCUT2D eigenvalue weighted by molar-refractivity contribution is 6.31. The van der Waals surface area contributed by atoms with E-state index < -0.39 is 0 Å². The summed E-state index contributed by atoms with van der Waals surface area (Å²) in [5, 5.41) is 24.5. The summed E-state index contributed by atoms with van der Waals surface area (Å²) in [6, 6.07) is 22.5. The molecular weight excluding hydrogens is 410 g/mol. The molecule has 0 aliphatic carbocycles. The van der Waals surface area contributed by atoms with Crippen LogP contribution in [-0.4, -0.2) is 9.78 Å². The van der Waals surface area contributed by atoms with Crippen molar-refractivity contribution in [3.8, 4) is 29.1 Å². The molecule has 2 heterocycles. The number of nitrogens with zero attached hydrogens (tertiary/aromatic N) is 4. The summed E-state index contributed by atoms with van der Waals surface area (Å²) in [6.45, 7) is 1.91. The Morgan fingerprint density at radius 3 is 2.58 bits per heavy atom. The number of rotatable bonds is 4. The van der Waals surface area contributed by atoms with Gasteiger partial charge < -0.3 is 10.2 Å². The van der Waals surface area contributed by atoms with Crippen LogP contribution in [0.1, 0.15) is 22.6 Å². The molecule has 0 fully saturated rings. The molecule has 7 heteroatoms. The fourth-order valence-electron chi connectivity index (χ4n) is 3.24. The molecule has 2 aromatic carbocycles. The highest BCUT2D eigenvalue weighted by Gasteiger charge is 2.20. The molecule has 0 saturated carbocycles. The zero-order valence-corrected chi connectivity index (χ0v) is 17.3. The van der Waals surface area contributed by atoms with Gasteiger partial charge in [0, 0.05) is 16.7 Å². The van der Waals surface area contributed by atoms with Gasteiger partial charge in [-0.25, -0.2) is 4.68 Å². The van der Waals surface area contributed by atoms with E-state index in [-0.39, 0.29) is 22.6 Å². The number of hydrogen-bond acceptors (Lipinski definition) is 5. The van der Waals surface area contributed by atoms with E-state index >= 15 is 0 Å². The summed E-state index contributed by atoms with van der Waals surface area (Å²) >= 11 is 6.21. The van der Waals surface area contributed by atoms with Gasteiger partial charge in [0.25, 0.3) is 0 Å². The third-order valence-electron chi connectivity index (χ3n) is 4.86. The number of hydrogen-bond donors (Lipinski definition) is 1. The predicted octanol–water partition coefficient (Wildman–Crippen LogP) is 5.61. The standard InChI is InChI=1S/C24H16ClN5O/c1-15-19(8-5-9-21(15)25)22-11-10-18(31-22)12-16(13-26)23-20(14-27)24(28)30(29-23)17-6-3-2-4-7-17/h2-12H,28H2,1H3/b16-12+. The van der Waals surface area contributed by atoms with Crippen molar-refractivity contribution < 1.29 is 4.42 Å². The average Bonchev–Trinajstić information content (AvgIpc) is 3.38. The first-order valence-electron chi connectivity index (χ1n) is 9.35. The lowest BCUT2D eigenvalue weighted by Gasteiger charge is -2.03. The fourth-order valence-corrected chi connectivity index (χ4v) is 3.42. The number of nitrogen functional groups attached to an aromatic ring is 1. The maximum absolute atomic E-state index is 9.76. The topological polar surface area (TPSA) is 105 Å². The van der Waals surface area contributed by atoms with Gasteiger partial charge in [0.1, 0.15) is 40.7 Å². The lowest BCUT2D eigenvalue weighted by atomic mass is 10.1. The lowest BCUT2D eigenvalue weighted by molar-refractivity contribution is 0.571.